The minimum Gasteiger partial charge on any atom is -0.378 e. The summed E-state index contributed by atoms with van der Waals surface area (Å²) in [5.41, 5.74) is 0. The highest BCUT2D eigenvalue weighted by atomic mass is 16.7. The average molecular weight is 296 g/mol. The quantitative estimate of drug-likeness (QED) is 0.721. The molecule has 0 spiro atoms. The molecule has 0 saturated carbocycles. The lowest BCUT2D eigenvalue weighted by Crippen LogP contribution is -2.36. The number of aromatic nitrogens is 2. The molecule has 118 valence electrons. The third-order valence-corrected chi connectivity index (χ3v) is 3.14. The Morgan fingerprint density at radius 2 is 1.95 bits per heavy atom. The van der Waals surface area contributed by atoms with Crippen LogP contribution in [0, 0.1) is 0 Å². The Balaban J connectivity index is 1.90. The van der Waals surface area contributed by atoms with Gasteiger partial charge in [0.25, 0.3) is 0 Å². The second-order valence-corrected chi connectivity index (χ2v) is 4.58. The van der Waals surface area contributed by atoms with Crippen LogP contribution in [0.2, 0.25) is 0 Å². The first-order valence-corrected chi connectivity index (χ1v) is 7.45. The summed E-state index contributed by atoms with van der Waals surface area (Å²) in [7, 11) is 0. The molecule has 0 unspecified atom stereocenters. The van der Waals surface area contributed by atoms with Crippen LogP contribution in [0.15, 0.2) is 12.4 Å². The summed E-state index contributed by atoms with van der Waals surface area (Å²) in [6.45, 7) is 8.90. The molecular formula is C14H24N4O3. The first-order valence-electron chi connectivity index (χ1n) is 7.45. The molecule has 0 aromatic carbocycles. The van der Waals surface area contributed by atoms with E-state index in [9.17, 15) is 0 Å². The molecule has 1 aliphatic rings. The Morgan fingerprint density at radius 1 is 1.24 bits per heavy atom. The van der Waals surface area contributed by atoms with E-state index >= 15 is 0 Å². The van der Waals surface area contributed by atoms with Crippen LogP contribution in [0.4, 0.5) is 11.6 Å². The lowest BCUT2D eigenvalue weighted by molar-refractivity contribution is -0.126. The maximum atomic E-state index is 5.50. The van der Waals surface area contributed by atoms with Crippen LogP contribution < -0.4 is 10.2 Å². The highest BCUT2D eigenvalue weighted by Gasteiger charge is 2.13. The van der Waals surface area contributed by atoms with Crippen molar-refractivity contribution in [3.05, 3.63) is 12.4 Å². The van der Waals surface area contributed by atoms with Gasteiger partial charge in [-0.05, 0) is 13.8 Å². The van der Waals surface area contributed by atoms with Gasteiger partial charge in [0, 0.05) is 32.4 Å². The molecular weight excluding hydrogens is 272 g/mol. The molecule has 0 aliphatic carbocycles. The molecule has 1 aromatic heterocycles. The fourth-order valence-corrected chi connectivity index (χ4v) is 2.13. The Kier molecular flexibility index (Phi) is 6.65. The third-order valence-electron chi connectivity index (χ3n) is 3.14. The SMILES string of the molecule is CCOC(CNc1cc(N2CCOCC2)ncn1)OCC. The van der Waals surface area contributed by atoms with Crippen LogP contribution in [0.5, 0.6) is 0 Å². The van der Waals surface area contributed by atoms with Crippen LogP contribution in [-0.4, -0.2) is 62.3 Å². The maximum absolute atomic E-state index is 5.50. The maximum Gasteiger partial charge on any atom is 0.174 e. The van der Waals surface area contributed by atoms with E-state index in [0.29, 0.717) is 19.8 Å². The number of morpholine rings is 1. The number of ether oxygens (including phenoxy) is 3. The van der Waals surface area contributed by atoms with Crippen LogP contribution in [0.3, 0.4) is 0 Å². The lowest BCUT2D eigenvalue weighted by Gasteiger charge is -2.27. The Labute approximate surface area is 125 Å². The molecule has 21 heavy (non-hydrogen) atoms. The van der Waals surface area contributed by atoms with E-state index in [1.54, 1.807) is 6.33 Å². The van der Waals surface area contributed by atoms with Gasteiger partial charge in [0.2, 0.25) is 0 Å². The van der Waals surface area contributed by atoms with Crippen LogP contribution in [-0.2, 0) is 14.2 Å². The summed E-state index contributed by atoms with van der Waals surface area (Å²) in [4.78, 5) is 10.7. The van der Waals surface area contributed by atoms with Gasteiger partial charge in [0.1, 0.15) is 18.0 Å². The Morgan fingerprint density at radius 3 is 2.62 bits per heavy atom. The van der Waals surface area contributed by atoms with Gasteiger partial charge in [-0.25, -0.2) is 9.97 Å². The van der Waals surface area contributed by atoms with Gasteiger partial charge in [0.15, 0.2) is 6.29 Å². The summed E-state index contributed by atoms with van der Waals surface area (Å²) >= 11 is 0. The van der Waals surface area contributed by atoms with E-state index in [0.717, 1.165) is 37.9 Å². The minimum absolute atomic E-state index is 0.262. The van der Waals surface area contributed by atoms with Gasteiger partial charge in [-0.3, -0.25) is 0 Å². The van der Waals surface area contributed by atoms with E-state index in [-0.39, 0.29) is 6.29 Å². The summed E-state index contributed by atoms with van der Waals surface area (Å²) < 4.78 is 16.3. The predicted molar refractivity (Wildman–Crippen MR) is 80.6 cm³/mol. The normalized spacial score (nSPS) is 15.5. The first-order chi connectivity index (χ1) is 10.3. The Bertz CT molecular complexity index is 407. The number of hydrogen-bond acceptors (Lipinski definition) is 7. The average Bonchev–Trinajstić information content (AvgIpc) is 2.54. The van der Waals surface area contributed by atoms with Crippen LogP contribution >= 0.6 is 0 Å². The van der Waals surface area contributed by atoms with Crippen molar-refractivity contribution in [2.45, 2.75) is 20.1 Å². The van der Waals surface area contributed by atoms with Crippen molar-refractivity contribution in [3.63, 3.8) is 0 Å². The van der Waals surface area contributed by atoms with Gasteiger partial charge in [-0.15, -0.1) is 0 Å². The number of nitrogens with one attached hydrogen (secondary N) is 1. The molecule has 1 saturated heterocycles. The summed E-state index contributed by atoms with van der Waals surface area (Å²) in [5.74, 6) is 1.69. The topological polar surface area (TPSA) is 68.7 Å². The monoisotopic (exact) mass is 296 g/mol. The van der Waals surface area contributed by atoms with Crippen molar-refractivity contribution < 1.29 is 14.2 Å². The highest BCUT2D eigenvalue weighted by molar-refractivity contribution is 5.48. The van der Waals surface area contributed by atoms with Crippen molar-refractivity contribution in [3.8, 4) is 0 Å². The number of hydrogen-bond donors (Lipinski definition) is 1. The predicted octanol–water partition coefficient (Wildman–Crippen LogP) is 1.12. The zero-order chi connectivity index (χ0) is 14.9. The molecule has 1 aliphatic heterocycles. The molecule has 1 aromatic rings. The largest absolute Gasteiger partial charge is 0.378 e. The number of rotatable bonds is 8. The van der Waals surface area contributed by atoms with E-state index in [1.807, 2.05) is 19.9 Å². The second-order valence-electron chi connectivity index (χ2n) is 4.58. The Hall–Kier alpha value is -1.44. The van der Waals surface area contributed by atoms with E-state index in [1.165, 1.54) is 0 Å². The molecule has 1 N–H and O–H groups in total. The van der Waals surface area contributed by atoms with E-state index in [2.05, 4.69) is 20.2 Å². The lowest BCUT2D eigenvalue weighted by atomic mass is 10.4. The molecule has 7 nitrogen and oxygen atoms in total. The highest BCUT2D eigenvalue weighted by Crippen LogP contribution is 2.15. The van der Waals surface area contributed by atoms with Crippen molar-refractivity contribution in [2.75, 3.05) is 56.3 Å². The molecule has 2 heterocycles. The fraction of sp³-hybridized carbons (Fsp3) is 0.714. The molecule has 2 rings (SSSR count). The standard InChI is InChI=1S/C14H24N4O3/c1-3-20-14(21-4-2)10-15-12-9-13(17-11-16-12)18-5-7-19-8-6-18/h9,11,14H,3-8,10H2,1-2H3,(H,15,16,17). The van der Waals surface area contributed by atoms with Gasteiger partial charge in [-0.2, -0.15) is 0 Å². The third kappa shape index (κ3) is 5.11. The molecule has 1 fully saturated rings. The zero-order valence-electron chi connectivity index (χ0n) is 12.7. The zero-order valence-corrected chi connectivity index (χ0v) is 12.7. The van der Waals surface area contributed by atoms with Crippen molar-refractivity contribution in [1.82, 2.24) is 9.97 Å². The van der Waals surface area contributed by atoms with Crippen LogP contribution in [0.1, 0.15) is 13.8 Å². The van der Waals surface area contributed by atoms with E-state index < -0.39 is 0 Å². The smallest absolute Gasteiger partial charge is 0.174 e. The molecule has 0 atom stereocenters. The van der Waals surface area contributed by atoms with Crippen LogP contribution in [0.25, 0.3) is 0 Å². The first kappa shape index (κ1) is 15.9. The summed E-state index contributed by atoms with van der Waals surface area (Å²) in [6, 6.07) is 1.94. The minimum atomic E-state index is -0.262. The van der Waals surface area contributed by atoms with E-state index in [4.69, 9.17) is 14.2 Å². The van der Waals surface area contributed by atoms with Crippen molar-refractivity contribution >= 4 is 11.6 Å². The summed E-state index contributed by atoms with van der Waals surface area (Å²) in [6.07, 6.45) is 1.31. The number of anilines is 2. The van der Waals surface area contributed by atoms with Gasteiger partial charge < -0.3 is 24.4 Å². The molecule has 0 bridgehead atoms. The number of nitrogens with zero attached hydrogens (tertiary/aromatic N) is 3. The van der Waals surface area contributed by atoms with Crippen molar-refractivity contribution in [2.24, 2.45) is 0 Å². The molecule has 0 amide bonds. The molecule has 0 radical (unpaired) electrons. The fourth-order valence-electron chi connectivity index (χ4n) is 2.13. The molecule has 7 heteroatoms. The summed E-state index contributed by atoms with van der Waals surface area (Å²) in [5, 5.41) is 3.23. The second kappa shape index (κ2) is 8.76. The van der Waals surface area contributed by atoms with Gasteiger partial charge in [-0.1, -0.05) is 0 Å². The van der Waals surface area contributed by atoms with Gasteiger partial charge >= 0.3 is 0 Å². The van der Waals surface area contributed by atoms with Crippen molar-refractivity contribution in [1.29, 1.82) is 0 Å². The van der Waals surface area contributed by atoms with Gasteiger partial charge in [0.05, 0.1) is 19.8 Å².